The lowest BCUT2D eigenvalue weighted by Gasteiger charge is -2.07. The molecule has 20 heavy (non-hydrogen) atoms. The summed E-state index contributed by atoms with van der Waals surface area (Å²) in [6, 6.07) is 6.97. The summed E-state index contributed by atoms with van der Waals surface area (Å²) in [5.41, 5.74) is 3.05. The molecular formula is C14H15N3O2S. The highest BCUT2D eigenvalue weighted by Crippen LogP contribution is 2.32. The lowest BCUT2D eigenvalue weighted by molar-refractivity contribution is 0.262. The van der Waals surface area contributed by atoms with Crippen molar-refractivity contribution in [3.05, 3.63) is 35.5 Å². The molecule has 0 aliphatic heterocycles. The number of fused-ring (bicyclic) bond motifs is 1. The smallest absolute Gasteiger partial charge is 0.324 e. The van der Waals surface area contributed by atoms with Crippen LogP contribution in [0.4, 0.5) is 15.5 Å². The molecule has 2 aromatic rings. The molecule has 3 rings (SSSR count). The van der Waals surface area contributed by atoms with Gasteiger partial charge in [-0.25, -0.2) is 4.79 Å². The standard InChI is InChI=1S/C14H15N3O2S/c1-19-10-7-5-9(6-8-10)15-14(18)16-13-11-3-2-4-12(11)17-20-13/h5-8H,2-4H2,1H3,(H2,15,16,18). The van der Waals surface area contributed by atoms with E-state index in [2.05, 4.69) is 15.0 Å². The average Bonchev–Trinajstić information content (AvgIpc) is 3.05. The summed E-state index contributed by atoms with van der Waals surface area (Å²) in [5.74, 6) is 0.760. The predicted molar refractivity (Wildman–Crippen MR) is 79.8 cm³/mol. The first-order valence-electron chi connectivity index (χ1n) is 6.46. The predicted octanol–water partition coefficient (Wildman–Crippen LogP) is 3.28. The topological polar surface area (TPSA) is 63.2 Å². The Kier molecular flexibility index (Phi) is 3.56. The molecule has 0 radical (unpaired) electrons. The first-order chi connectivity index (χ1) is 9.76. The molecule has 0 spiro atoms. The number of anilines is 2. The Morgan fingerprint density at radius 3 is 2.80 bits per heavy atom. The Balaban J connectivity index is 1.64. The second kappa shape index (κ2) is 5.50. The number of urea groups is 1. The second-order valence-electron chi connectivity index (χ2n) is 4.60. The van der Waals surface area contributed by atoms with Gasteiger partial charge < -0.3 is 10.1 Å². The molecule has 1 aliphatic rings. The summed E-state index contributed by atoms with van der Waals surface area (Å²) in [6.07, 6.45) is 3.15. The van der Waals surface area contributed by atoms with Gasteiger partial charge in [-0.3, -0.25) is 5.32 Å². The van der Waals surface area contributed by atoms with Crippen LogP contribution in [0.25, 0.3) is 0 Å². The zero-order valence-corrected chi connectivity index (χ0v) is 11.9. The van der Waals surface area contributed by atoms with Crippen molar-refractivity contribution in [1.29, 1.82) is 0 Å². The van der Waals surface area contributed by atoms with Crippen LogP contribution in [0.5, 0.6) is 5.75 Å². The first-order valence-corrected chi connectivity index (χ1v) is 7.23. The van der Waals surface area contributed by atoms with Crippen LogP contribution in [0.1, 0.15) is 17.7 Å². The fourth-order valence-electron chi connectivity index (χ4n) is 2.27. The van der Waals surface area contributed by atoms with Crippen molar-refractivity contribution < 1.29 is 9.53 Å². The number of ether oxygens (including phenoxy) is 1. The lowest BCUT2D eigenvalue weighted by atomic mass is 10.3. The van der Waals surface area contributed by atoms with Crippen molar-refractivity contribution >= 4 is 28.3 Å². The van der Waals surface area contributed by atoms with Gasteiger partial charge in [0.25, 0.3) is 0 Å². The number of amides is 2. The number of nitrogens with zero attached hydrogens (tertiary/aromatic N) is 1. The molecule has 1 heterocycles. The molecule has 0 saturated carbocycles. The maximum absolute atomic E-state index is 12.0. The van der Waals surface area contributed by atoms with E-state index < -0.39 is 0 Å². The number of methoxy groups -OCH3 is 1. The van der Waals surface area contributed by atoms with Crippen LogP contribution in [0.3, 0.4) is 0 Å². The molecule has 0 atom stereocenters. The number of aromatic nitrogens is 1. The number of carbonyl (C=O) groups is 1. The van der Waals surface area contributed by atoms with Crippen LogP contribution >= 0.6 is 11.5 Å². The van der Waals surface area contributed by atoms with E-state index in [0.29, 0.717) is 0 Å². The van der Waals surface area contributed by atoms with E-state index in [1.165, 1.54) is 17.1 Å². The number of benzene rings is 1. The monoisotopic (exact) mass is 289 g/mol. The first kappa shape index (κ1) is 12.9. The van der Waals surface area contributed by atoms with Crippen LogP contribution in [0, 0.1) is 0 Å². The van der Waals surface area contributed by atoms with Gasteiger partial charge in [-0.15, -0.1) is 0 Å². The molecule has 1 aliphatic carbocycles. The third-order valence-corrected chi connectivity index (χ3v) is 4.13. The summed E-state index contributed by atoms with van der Waals surface area (Å²) >= 11 is 1.36. The van der Waals surface area contributed by atoms with Gasteiger partial charge >= 0.3 is 6.03 Å². The largest absolute Gasteiger partial charge is 0.497 e. The van der Waals surface area contributed by atoms with Gasteiger partial charge in [0.2, 0.25) is 0 Å². The highest BCUT2D eigenvalue weighted by molar-refractivity contribution is 7.10. The molecule has 5 nitrogen and oxygen atoms in total. The minimum Gasteiger partial charge on any atom is -0.497 e. The molecule has 0 saturated heterocycles. The second-order valence-corrected chi connectivity index (χ2v) is 5.37. The molecule has 1 aromatic heterocycles. The number of carbonyl (C=O) groups excluding carboxylic acids is 1. The number of aryl methyl sites for hydroxylation is 1. The normalized spacial score (nSPS) is 12.8. The SMILES string of the molecule is COc1ccc(NC(=O)Nc2snc3c2CCC3)cc1. The number of hydrogen-bond acceptors (Lipinski definition) is 4. The van der Waals surface area contributed by atoms with Crippen LogP contribution < -0.4 is 15.4 Å². The fourth-order valence-corrected chi connectivity index (χ4v) is 3.14. The lowest BCUT2D eigenvalue weighted by Crippen LogP contribution is -2.19. The van der Waals surface area contributed by atoms with E-state index in [1.807, 2.05) is 0 Å². The van der Waals surface area contributed by atoms with Crippen molar-refractivity contribution in [3.63, 3.8) is 0 Å². The minimum atomic E-state index is -0.242. The summed E-state index contributed by atoms with van der Waals surface area (Å²) in [7, 11) is 1.61. The van der Waals surface area contributed by atoms with Crippen LogP contribution in [-0.4, -0.2) is 17.5 Å². The Bertz CT molecular complexity index is 622. The molecule has 104 valence electrons. The van der Waals surface area contributed by atoms with Gasteiger partial charge in [0.05, 0.1) is 12.8 Å². The van der Waals surface area contributed by atoms with Gasteiger partial charge in [-0.1, -0.05) is 0 Å². The maximum atomic E-state index is 12.0. The van der Waals surface area contributed by atoms with E-state index in [1.54, 1.807) is 31.4 Å². The third-order valence-electron chi connectivity index (χ3n) is 3.28. The Morgan fingerprint density at radius 2 is 2.05 bits per heavy atom. The van der Waals surface area contributed by atoms with E-state index in [0.717, 1.165) is 41.4 Å². The number of rotatable bonds is 3. The number of hydrogen-bond donors (Lipinski definition) is 2. The Labute approximate surface area is 121 Å². The van der Waals surface area contributed by atoms with Crippen LogP contribution in [-0.2, 0) is 12.8 Å². The quantitative estimate of drug-likeness (QED) is 0.911. The van der Waals surface area contributed by atoms with Gasteiger partial charge in [0.15, 0.2) is 0 Å². The summed E-state index contributed by atoms with van der Waals surface area (Å²) in [5, 5.41) is 6.53. The summed E-state index contributed by atoms with van der Waals surface area (Å²) in [6.45, 7) is 0. The molecule has 2 N–H and O–H groups in total. The van der Waals surface area contributed by atoms with Crippen molar-refractivity contribution in [2.45, 2.75) is 19.3 Å². The highest BCUT2D eigenvalue weighted by Gasteiger charge is 2.20. The van der Waals surface area contributed by atoms with Crippen LogP contribution in [0.2, 0.25) is 0 Å². The van der Waals surface area contributed by atoms with Crippen molar-refractivity contribution in [1.82, 2.24) is 4.37 Å². The summed E-state index contributed by atoms with van der Waals surface area (Å²) < 4.78 is 9.44. The molecule has 1 aromatic carbocycles. The van der Waals surface area contributed by atoms with Gasteiger partial charge in [0, 0.05) is 11.3 Å². The van der Waals surface area contributed by atoms with Crippen molar-refractivity contribution in [2.24, 2.45) is 0 Å². The van der Waals surface area contributed by atoms with Gasteiger partial charge in [-0.2, -0.15) is 4.37 Å². The molecule has 0 fully saturated rings. The summed E-state index contributed by atoms with van der Waals surface area (Å²) in [4.78, 5) is 12.0. The molecule has 2 amide bonds. The van der Waals surface area contributed by atoms with Gasteiger partial charge in [0.1, 0.15) is 10.8 Å². The highest BCUT2D eigenvalue weighted by atomic mass is 32.1. The van der Waals surface area contributed by atoms with E-state index in [4.69, 9.17) is 4.74 Å². The van der Waals surface area contributed by atoms with E-state index in [9.17, 15) is 4.79 Å². The molecule has 0 bridgehead atoms. The van der Waals surface area contributed by atoms with Crippen molar-refractivity contribution in [2.75, 3.05) is 17.7 Å². The molecular weight excluding hydrogens is 274 g/mol. The van der Waals surface area contributed by atoms with Crippen LogP contribution in [0.15, 0.2) is 24.3 Å². The zero-order valence-electron chi connectivity index (χ0n) is 11.1. The van der Waals surface area contributed by atoms with Gasteiger partial charge in [-0.05, 0) is 55.1 Å². The Hall–Kier alpha value is -2.08. The maximum Gasteiger partial charge on any atom is 0.324 e. The molecule has 6 heteroatoms. The molecule has 0 unspecified atom stereocenters. The average molecular weight is 289 g/mol. The number of nitrogens with one attached hydrogen (secondary N) is 2. The van der Waals surface area contributed by atoms with Crippen molar-refractivity contribution in [3.8, 4) is 5.75 Å². The third kappa shape index (κ3) is 2.60. The zero-order chi connectivity index (χ0) is 13.9. The minimum absolute atomic E-state index is 0.242. The fraction of sp³-hybridized carbons (Fsp3) is 0.286. The van der Waals surface area contributed by atoms with E-state index in [-0.39, 0.29) is 6.03 Å². The Morgan fingerprint density at radius 1 is 1.25 bits per heavy atom. The van der Waals surface area contributed by atoms with E-state index >= 15 is 0 Å².